The van der Waals surface area contributed by atoms with Gasteiger partial charge in [-0.25, -0.2) is 4.79 Å². The van der Waals surface area contributed by atoms with Gasteiger partial charge in [-0.3, -0.25) is 0 Å². The van der Waals surface area contributed by atoms with Crippen LogP contribution in [-0.4, -0.2) is 11.1 Å². The Bertz CT molecular complexity index is 110. The van der Waals surface area contributed by atoms with Crippen LogP contribution in [0.3, 0.4) is 0 Å². The van der Waals surface area contributed by atoms with E-state index in [1.54, 1.807) is 22.6 Å². The summed E-state index contributed by atoms with van der Waals surface area (Å²) in [5.41, 5.74) is 1.02. The molecule has 1 N–H and O–H groups in total. The molecule has 0 aromatic heterocycles. The molecule has 0 fully saturated rings. The molecule has 0 rings (SSSR count). The van der Waals surface area contributed by atoms with Gasteiger partial charge in [0.25, 0.3) is 0 Å². The first kappa shape index (κ1) is 7.23. The maximum absolute atomic E-state index is 9.77. The van der Waals surface area contributed by atoms with Crippen LogP contribution in [0.5, 0.6) is 0 Å². The predicted octanol–water partition coefficient (Wildman–Crippen LogP) is 1.59. The Morgan fingerprint density at radius 3 is 2.29 bits per heavy atom. The Morgan fingerprint density at radius 2 is 2.29 bits per heavy atom. The van der Waals surface area contributed by atoms with E-state index in [0.717, 1.165) is 5.54 Å². The third kappa shape index (κ3) is 2.87. The average molecular weight is 232 g/mol. The number of halogens is 2. The Kier molecular flexibility index (Phi) is 3.37. The van der Waals surface area contributed by atoms with E-state index in [4.69, 9.17) is 16.7 Å². The first-order valence-electron chi connectivity index (χ1n) is 1.37. The molecule has 0 aliphatic heterocycles. The molecular weight excluding hydrogens is 230 g/mol. The zero-order chi connectivity index (χ0) is 5.86. The fourth-order valence-electron chi connectivity index (χ4n) is 0.0467. The lowest BCUT2D eigenvalue weighted by Gasteiger charge is -1.80. The molecule has 0 bridgehead atoms. The topological polar surface area (TPSA) is 37.3 Å². The highest BCUT2D eigenvalue weighted by Crippen LogP contribution is 2.05. The van der Waals surface area contributed by atoms with E-state index < -0.39 is 5.97 Å². The Balaban J connectivity index is 3.82. The lowest BCUT2D eigenvalue weighted by Crippen LogP contribution is -1.90. The van der Waals surface area contributed by atoms with Gasteiger partial charge in [0.15, 0.2) is 0 Å². The van der Waals surface area contributed by atoms with Crippen molar-refractivity contribution in [3.05, 3.63) is 9.12 Å². The molecule has 0 heterocycles. The van der Waals surface area contributed by atoms with E-state index >= 15 is 0 Å². The lowest BCUT2D eigenvalue weighted by atomic mass is 10.7. The van der Waals surface area contributed by atoms with Crippen LogP contribution < -0.4 is 0 Å². The van der Waals surface area contributed by atoms with Crippen molar-refractivity contribution in [2.75, 3.05) is 0 Å². The normalized spacial score (nSPS) is 11.4. The van der Waals surface area contributed by atoms with Crippen LogP contribution in [0.15, 0.2) is 9.12 Å². The van der Waals surface area contributed by atoms with Crippen molar-refractivity contribution in [2.24, 2.45) is 0 Å². The summed E-state index contributed by atoms with van der Waals surface area (Å²) in [4.78, 5) is 9.77. The molecule has 0 aromatic carbocycles. The number of carboxylic acid groups (broad SMARTS) is 1. The average Bonchev–Trinajstić information content (AvgIpc) is 1.65. The number of aliphatic carboxylic acids is 1. The van der Waals surface area contributed by atoms with Crippen molar-refractivity contribution in [1.82, 2.24) is 0 Å². The molecule has 0 aromatic rings. The van der Waals surface area contributed by atoms with Crippen LogP contribution >= 0.6 is 34.2 Å². The first-order valence-corrected chi connectivity index (χ1v) is 2.89. The summed E-state index contributed by atoms with van der Waals surface area (Å²) in [5.74, 6) is -0.990. The standard InChI is InChI=1S/C3H2ClIO2/c4-1-2(5)3(6)7/h1H,(H,6,7)/b2-1-. The minimum absolute atomic E-state index is 0.124. The van der Waals surface area contributed by atoms with Crippen LogP contribution in [0.1, 0.15) is 0 Å². The maximum Gasteiger partial charge on any atom is 0.342 e. The van der Waals surface area contributed by atoms with Gasteiger partial charge in [0.05, 0.1) is 0 Å². The largest absolute Gasteiger partial charge is 0.477 e. The van der Waals surface area contributed by atoms with Gasteiger partial charge in [0, 0.05) is 5.54 Å². The molecular formula is C3H2ClIO2. The van der Waals surface area contributed by atoms with Gasteiger partial charge in [0.1, 0.15) is 3.58 Å². The molecule has 0 saturated carbocycles. The van der Waals surface area contributed by atoms with Crippen molar-refractivity contribution >= 4 is 40.2 Å². The van der Waals surface area contributed by atoms with Gasteiger partial charge in [-0.2, -0.15) is 0 Å². The third-order valence-corrected chi connectivity index (χ3v) is 1.66. The van der Waals surface area contributed by atoms with E-state index in [0.29, 0.717) is 0 Å². The van der Waals surface area contributed by atoms with E-state index in [1.807, 2.05) is 0 Å². The lowest BCUT2D eigenvalue weighted by molar-refractivity contribution is -0.131. The SMILES string of the molecule is O=C(O)/C(I)=C/Cl. The summed E-state index contributed by atoms with van der Waals surface area (Å²) < 4.78 is 0.124. The summed E-state index contributed by atoms with van der Waals surface area (Å²) >= 11 is 6.62. The van der Waals surface area contributed by atoms with Crippen LogP contribution in [0.25, 0.3) is 0 Å². The highest BCUT2D eigenvalue weighted by atomic mass is 127. The van der Waals surface area contributed by atoms with Crippen molar-refractivity contribution in [1.29, 1.82) is 0 Å². The summed E-state index contributed by atoms with van der Waals surface area (Å²) in [5, 5.41) is 8.02. The molecule has 4 heteroatoms. The quantitative estimate of drug-likeness (QED) is 0.550. The van der Waals surface area contributed by atoms with Crippen LogP contribution in [-0.2, 0) is 4.79 Å². The number of carboxylic acids is 1. The smallest absolute Gasteiger partial charge is 0.342 e. The van der Waals surface area contributed by atoms with Crippen molar-refractivity contribution in [3.63, 3.8) is 0 Å². The van der Waals surface area contributed by atoms with Gasteiger partial charge in [0.2, 0.25) is 0 Å². The minimum Gasteiger partial charge on any atom is -0.477 e. The summed E-state index contributed by atoms with van der Waals surface area (Å²) in [6, 6.07) is 0. The fraction of sp³-hybridized carbons (Fsp3) is 0. The Morgan fingerprint density at radius 1 is 1.86 bits per heavy atom. The molecule has 0 radical (unpaired) electrons. The van der Waals surface area contributed by atoms with Crippen molar-refractivity contribution < 1.29 is 9.90 Å². The maximum atomic E-state index is 9.77. The van der Waals surface area contributed by atoms with Gasteiger partial charge in [-0.1, -0.05) is 11.6 Å². The van der Waals surface area contributed by atoms with Gasteiger partial charge < -0.3 is 5.11 Å². The highest BCUT2D eigenvalue weighted by Gasteiger charge is 1.97. The summed E-state index contributed by atoms with van der Waals surface area (Å²) in [7, 11) is 0. The second kappa shape index (κ2) is 3.26. The molecule has 0 aliphatic rings. The second-order valence-electron chi connectivity index (χ2n) is 0.762. The minimum atomic E-state index is -0.990. The Labute approximate surface area is 59.3 Å². The molecule has 0 atom stereocenters. The predicted molar refractivity (Wildman–Crippen MR) is 35.6 cm³/mol. The molecule has 0 aliphatic carbocycles. The highest BCUT2D eigenvalue weighted by molar-refractivity contribution is 14.1. The number of hydrogen-bond donors (Lipinski definition) is 1. The summed E-state index contributed by atoms with van der Waals surface area (Å²) in [6.07, 6.45) is 0. The zero-order valence-corrected chi connectivity index (χ0v) is 6.10. The van der Waals surface area contributed by atoms with Crippen LogP contribution in [0, 0.1) is 0 Å². The van der Waals surface area contributed by atoms with Crippen LogP contribution in [0.2, 0.25) is 0 Å². The van der Waals surface area contributed by atoms with Crippen molar-refractivity contribution in [3.8, 4) is 0 Å². The molecule has 2 nitrogen and oxygen atoms in total. The monoisotopic (exact) mass is 232 g/mol. The second-order valence-corrected chi connectivity index (χ2v) is 2.14. The van der Waals surface area contributed by atoms with Gasteiger partial charge in [-0.05, 0) is 22.6 Å². The molecule has 0 amide bonds. The Hall–Kier alpha value is 0.230. The van der Waals surface area contributed by atoms with Gasteiger partial charge in [-0.15, -0.1) is 0 Å². The number of rotatable bonds is 1. The third-order valence-electron chi connectivity index (χ3n) is 0.300. The number of hydrogen-bond acceptors (Lipinski definition) is 1. The molecule has 7 heavy (non-hydrogen) atoms. The van der Waals surface area contributed by atoms with E-state index in [9.17, 15) is 4.79 Å². The molecule has 40 valence electrons. The van der Waals surface area contributed by atoms with Crippen LogP contribution in [0.4, 0.5) is 0 Å². The van der Waals surface area contributed by atoms with Crippen molar-refractivity contribution in [2.45, 2.75) is 0 Å². The zero-order valence-electron chi connectivity index (χ0n) is 3.19. The fourth-order valence-corrected chi connectivity index (χ4v) is 0.140. The van der Waals surface area contributed by atoms with E-state index in [-0.39, 0.29) is 3.58 Å². The van der Waals surface area contributed by atoms with E-state index in [2.05, 4.69) is 0 Å². The number of carbonyl (C=O) groups is 1. The van der Waals surface area contributed by atoms with E-state index in [1.165, 1.54) is 0 Å². The van der Waals surface area contributed by atoms with Gasteiger partial charge >= 0.3 is 5.97 Å². The summed E-state index contributed by atoms with van der Waals surface area (Å²) in [6.45, 7) is 0. The first-order chi connectivity index (χ1) is 3.18. The molecule has 0 unspecified atom stereocenters. The molecule has 0 spiro atoms. The molecule has 0 saturated heterocycles.